The van der Waals surface area contributed by atoms with Crippen molar-refractivity contribution in [2.75, 3.05) is 7.11 Å². The van der Waals surface area contributed by atoms with E-state index in [0.29, 0.717) is 42.7 Å². The minimum atomic E-state index is -0.693. The number of esters is 1. The quantitative estimate of drug-likeness (QED) is 0.249. The molecule has 5 atom stereocenters. The molecule has 10 nitrogen and oxygen atoms in total. The van der Waals surface area contributed by atoms with Gasteiger partial charge in [0.2, 0.25) is 5.91 Å². The number of carbonyl (C=O) groups is 3. The van der Waals surface area contributed by atoms with Gasteiger partial charge >= 0.3 is 19.2 Å². The van der Waals surface area contributed by atoms with Crippen molar-refractivity contribution in [3.8, 4) is 5.75 Å². The van der Waals surface area contributed by atoms with Crippen molar-refractivity contribution < 1.29 is 37.9 Å². The lowest BCUT2D eigenvalue weighted by Gasteiger charge is -2.64. The topological polar surface area (TPSA) is 113 Å². The molecule has 3 aliphatic carbocycles. The first kappa shape index (κ1) is 36.2. The summed E-state index contributed by atoms with van der Waals surface area (Å²) in [6.07, 6.45) is 2.06. The first-order valence-electron chi connectivity index (χ1n) is 17.9. The van der Waals surface area contributed by atoms with E-state index in [-0.39, 0.29) is 29.9 Å². The number of ether oxygens (including phenoxy) is 3. The van der Waals surface area contributed by atoms with E-state index in [2.05, 4.69) is 26.1 Å². The van der Waals surface area contributed by atoms with Gasteiger partial charge in [-0.1, -0.05) is 44.2 Å². The molecule has 2 aliphatic heterocycles. The van der Waals surface area contributed by atoms with Gasteiger partial charge in [-0.15, -0.1) is 0 Å². The van der Waals surface area contributed by atoms with Crippen molar-refractivity contribution in [3.05, 3.63) is 64.2 Å². The van der Waals surface area contributed by atoms with Crippen molar-refractivity contribution in [3.63, 3.8) is 0 Å². The van der Waals surface area contributed by atoms with Gasteiger partial charge in [0.1, 0.15) is 22.5 Å². The summed E-state index contributed by atoms with van der Waals surface area (Å²) in [7, 11) is 0.840. The molecule has 0 spiro atoms. The number of rotatable bonds is 8. The molecule has 7 rings (SSSR count). The Balaban J connectivity index is 1.22. The van der Waals surface area contributed by atoms with Crippen LogP contribution >= 0.6 is 0 Å². The van der Waals surface area contributed by atoms with Gasteiger partial charge in [-0.3, -0.25) is 9.69 Å². The molecule has 2 heterocycles. The summed E-state index contributed by atoms with van der Waals surface area (Å²) in [5.41, 5.74) is 2.39. The second kappa shape index (κ2) is 12.9. The number of hydrogen-bond acceptors (Lipinski definition) is 8. The SMILES string of the molecule is COc1c(CC(NC(=O)Cc2ccc3c(c2)CN(C(=O)OC(C)(C)C)C3)B2OC3CC4CC(C4(C)C)C3(C)O2)cccc1C(=O)OC(C)(C)C. The Kier molecular flexibility index (Phi) is 9.34. The van der Waals surface area contributed by atoms with Gasteiger partial charge in [-0.25, -0.2) is 9.59 Å². The Bertz CT molecular complexity index is 1660. The summed E-state index contributed by atoms with van der Waals surface area (Å²) < 4.78 is 30.6. The lowest BCUT2D eigenvalue weighted by atomic mass is 9.43. The first-order chi connectivity index (χ1) is 23.3. The highest BCUT2D eigenvalue weighted by molar-refractivity contribution is 6.48. The van der Waals surface area contributed by atoms with Crippen LogP contribution in [-0.4, -0.2) is 65.9 Å². The standard InChI is InChI=1S/C39H53BN2O8/c1-36(2,3)47-34(44)28-13-11-12-24(33(28)46-10)18-31(40-49-30-20-27-19-29(38(27,7)8)39(30,9)50-40)41-32(43)17-23-14-15-25-21-42(22-26(25)16-23)35(45)48-37(4,5)6/h11-16,27,29-31H,17-22H2,1-10H3,(H,41,43). The van der Waals surface area contributed by atoms with Crippen LogP contribution in [-0.2, 0) is 49.5 Å². The fourth-order valence-electron chi connectivity index (χ4n) is 8.46. The molecule has 2 aromatic rings. The van der Waals surface area contributed by atoms with E-state index in [1.165, 1.54) is 7.11 Å². The molecule has 5 aliphatic rings. The van der Waals surface area contributed by atoms with Crippen molar-refractivity contribution in [1.82, 2.24) is 10.2 Å². The van der Waals surface area contributed by atoms with Gasteiger partial charge in [0.25, 0.3) is 0 Å². The molecule has 2 aromatic carbocycles. The van der Waals surface area contributed by atoms with E-state index in [0.717, 1.165) is 35.1 Å². The molecule has 4 fully saturated rings. The Morgan fingerprint density at radius 3 is 2.34 bits per heavy atom. The van der Waals surface area contributed by atoms with Crippen molar-refractivity contribution >= 4 is 25.1 Å². The largest absolute Gasteiger partial charge is 0.496 e. The van der Waals surface area contributed by atoms with Gasteiger partial charge in [0, 0.05) is 13.1 Å². The average Bonchev–Trinajstić information content (AvgIpc) is 3.59. The van der Waals surface area contributed by atoms with Crippen molar-refractivity contribution in [2.24, 2.45) is 17.3 Å². The number of amides is 2. The minimum absolute atomic E-state index is 0.0664. The highest BCUT2D eigenvalue weighted by atomic mass is 16.7. The van der Waals surface area contributed by atoms with Crippen LogP contribution in [0, 0.1) is 17.3 Å². The Morgan fingerprint density at radius 2 is 1.68 bits per heavy atom. The molecular formula is C39H53BN2O8. The summed E-state index contributed by atoms with van der Waals surface area (Å²) in [4.78, 5) is 41.4. The van der Waals surface area contributed by atoms with Crippen LogP contribution < -0.4 is 10.1 Å². The number of methoxy groups -OCH3 is 1. The van der Waals surface area contributed by atoms with E-state index in [4.69, 9.17) is 23.5 Å². The highest BCUT2D eigenvalue weighted by Gasteiger charge is 2.68. The lowest BCUT2D eigenvalue weighted by molar-refractivity contribution is -0.199. The second-order valence-electron chi connectivity index (χ2n) is 17.3. The highest BCUT2D eigenvalue weighted by Crippen LogP contribution is 2.65. The van der Waals surface area contributed by atoms with Gasteiger partial charge in [0.05, 0.1) is 31.2 Å². The molecule has 0 aromatic heterocycles. The Labute approximate surface area is 297 Å². The number of carbonyl (C=O) groups excluding carboxylic acids is 3. The molecule has 270 valence electrons. The van der Waals surface area contributed by atoms with Crippen LogP contribution in [0.1, 0.15) is 108 Å². The Hall–Kier alpha value is -3.57. The van der Waals surface area contributed by atoms with Crippen LogP contribution in [0.15, 0.2) is 36.4 Å². The molecular weight excluding hydrogens is 635 g/mol. The first-order valence-corrected chi connectivity index (χ1v) is 17.9. The molecule has 3 saturated carbocycles. The summed E-state index contributed by atoms with van der Waals surface area (Å²) >= 11 is 0. The predicted octanol–water partition coefficient (Wildman–Crippen LogP) is 6.44. The van der Waals surface area contributed by atoms with Gasteiger partial charge in [-0.2, -0.15) is 0 Å². The van der Waals surface area contributed by atoms with E-state index in [1.807, 2.05) is 65.8 Å². The van der Waals surface area contributed by atoms with E-state index < -0.39 is 35.8 Å². The van der Waals surface area contributed by atoms with Crippen LogP contribution in [0.3, 0.4) is 0 Å². The Morgan fingerprint density at radius 1 is 0.980 bits per heavy atom. The summed E-state index contributed by atoms with van der Waals surface area (Å²) in [6, 6.07) is 11.3. The molecule has 11 heteroatoms. The average molecular weight is 689 g/mol. The number of hydrogen-bond donors (Lipinski definition) is 1. The van der Waals surface area contributed by atoms with Gasteiger partial charge in [0.15, 0.2) is 0 Å². The van der Waals surface area contributed by atoms with Crippen molar-refractivity contribution in [2.45, 2.75) is 130 Å². The molecule has 2 amide bonds. The third kappa shape index (κ3) is 7.13. The number of nitrogens with one attached hydrogen (secondary N) is 1. The summed E-state index contributed by atoms with van der Waals surface area (Å²) in [5.74, 6) is 0.113. The number of fused-ring (bicyclic) bond motifs is 1. The van der Waals surface area contributed by atoms with Gasteiger partial charge in [-0.05, 0) is 113 Å². The van der Waals surface area contributed by atoms with E-state index in [1.54, 1.807) is 17.0 Å². The fraction of sp³-hybridized carbons (Fsp3) is 0.615. The molecule has 50 heavy (non-hydrogen) atoms. The van der Waals surface area contributed by atoms with Crippen molar-refractivity contribution in [1.29, 1.82) is 0 Å². The second-order valence-corrected chi connectivity index (χ2v) is 17.3. The third-order valence-electron chi connectivity index (χ3n) is 11.0. The maximum atomic E-state index is 13.8. The molecule has 2 bridgehead atoms. The van der Waals surface area contributed by atoms with Gasteiger partial charge < -0.3 is 28.8 Å². The minimum Gasteiger partial charge on any atom is -0.496 e. The maximum absolute atomic E-state index is 13.8. The molecule has 0 radical (unpaired) electrons. The molecule has 1 N–H and O–H groups in total. The fourth-order valence-corrected chi connectivity index (χ4v) is 8.46. The number of para-hydroxylation sites is 1. The van der Waals surface area contributed by atoms with E-state index in [9.17, 15) is 14.4 Å². The zero-order chi connectivity index (χ0) is 36.4. The monoisotopic (exact) mass is 688 g/mol. The van der Waals surface area contributed by atoms with E-state index >= 15 is 0 Å². The molecule has 5 unspecified atom stereocenters. The molecule has 1 saturated heterocycles. The van der Waals surface area contributed by atoms with Crippen LogP contribution in [0.4, 0.5) is 4.79 Å². The number of nitrogens with zero attached hydrogens (tertiary/aromatic N) is 1. The van der Waals surface area contributed by atoms with Crippen LogP contribution in [0.2, 0.25) is 0 Å². The summed E-state index contributed by atoms with van der Waals surface area (Å²) in [5, 5.41) is 3.25. The normalized spacial score (nSPS) is 25.6. The maximum Gasteiger partial charge on any atom is 0.482 e. The number of benzene rings is 2. The predicted molar refractivity (Wildman–Crippen MR) is 190 cm³/mol. The van der Waals surface area contributed by atoms with Crippen LogP contribution in [0.5, 0.6) is 5.75 Å². The smallest absolute Gasteiger partial charge is 0.482 e. The van der Waals surface area contributed by atoms with Crippen LogP contribution in [0.25, 0.3) is 0 Å². The third-order valence-corrected chi connectivity index (χ3v) is 11.0. The lowest BCUT2D eigenvalue weighted by Crippen LogP contribution is -2.65. The zero-order valence-electron chi connectivity index (χ0n) is 31.3. The zero-order valence-corrected chi connectivity index (χ0v) is 31.3. The summed E-state index contributed by atoms with van der Waals surface area (Å²) in [6.45, 7) is 18.7.